The van der Waals surface area contributed by atoms with Crippen molar-refractivity contribution in [3.63, 3.8) is 0 Å². The predicted molar refractivity (Wildman–Crippen MR) is 75.3 cm³/mol. The van der Waals surface area contributed by atoms with Gasteiger partial charge in [-0.2, -0.15) is 0 Å². The monoisotopic (exact) mass is 270 g/mol. The van der Waals surface area contributed by atoms with E-state index >= 15 is 0 Å². The molecule has 2 aromatic rings. The van der Waals surface area contributed by atoms with Crippen molar-refractivity contribution in [2.45, 2.75) is 19.3 Å². The molecule has 3 heterocycles. The van der Waals surface area contributed by atoms with Crippen LogP contribution in [0.1, 0.15) is 18.4 Å². The van der Waals surface area contributed by atoms with Crippen LogP contribution in [0.4, 0.5) is 4.79 Å². The first-order chi connectivity index (χ1) is 9.83. The summed E-state index contributed by atoms with van der Waals surface area (Å²) in [6.07, 6.45) is 11.8. The molecule has 2 aromatic heterocycles. The molecule has 1 saturated heterocycles. The highest BCUT2D eigenvalue weighted by Gasteiger charge is 2.23. The molecule has 104 valence electrons. The Balaban J connectivity index is 1.53. The minimum absolute atomic E-state index is 0.0323. The molecule has 0 aliphatic carbocycles. The van der Waals surface area contributed by atoms with Gasteiger partial charge in [-0.05, 0) is 42.9 Å². The van der Waals surface area contributed by atoms with Crippen molar-refractivity contribution in [2.24, 2.45) is 5.92 Å². The van der Waals surface area contributed by atoms with Gasteiger partial charge in [0.1, 0.15) is 6.33 Å². The van der Waals surface area contributed by atoms with Crippen molar-refractivity contribution in [1.82, 2.24) is 19.4 Å². The molecule has 20 heavy (non-hydrogen) atoms. The highest BCUT2D eigenvalue weighted by Crippen LogP contribution is 2.21. The lowest BCUT2D eigenvalue weighted by Crippen LogP contribution is -2.40. The molecule has 0 N–H and O–H groups in total. The zero-order valence-electron chi connectivity index (χ0n) is 11.4. The van der Waals surface area contributed by atoms with E-state index in [4.69, 9.17) is 0 Å². The Labute approximate surface area is 118 Å². The Morgan fingerprint density at radius 3 is 2.55 bits per heavy atom. The molecule has 0 unspecified atom stereocenters. The van der Waals surface area contributed by atoms with Gasteiger partial charge in [0.25, 0.3) is 0 Å². The first-order valence-corrected chi connectivity index (χ1v) is 6.99. The van der Waals surface area contributed by atoms with E-state index in [0.29, 0.717) is 5.92 Å². The zero-order chi connectivity index (χ0) is 13.8. The molecule has 1 amide bonds. The van der Waals surface area contributed by atoms with Crippen LogP contribution in [-0.4, -0.2) is 38.6 Å². The van der Waals surface area contributed by atoms with Crippen LogP contribution in [0.2, 0.25) is 0 Å². The number of amides is 1. The van der Waals surface area contributed by atoms with Gasteiger partial charge in [-0.25, -0.2) is 9.78 Å². The highest BCUT2D eigenvalue weighted by molar-refractivity contribution is 5.76. The third-order valence-corrected chi connectivity index (χ3v) is 3.88. The maximum atomic E-state index is 12.2. The van der Waals surface area contributed by atoms with Crippen molar-refractivity contribution < 1.29 is 4.79 Å². The van der Waals surface area contributed by atoms with Crippen LogP contribution >= 0.6 is 0 Å². The van der Waals surface area contributed by atoms with Gasteiger partial charge in [-0.1, -0.05) is 0 Å². The lowest BCUT2D eigenvalue weighted by Gasteiger charge is -2.31. The normalized spacial score (nSPS) is 16.3. The fourth-order valence-corrected chi connectivity index (χ4v) is 2.72. The van der Waals surface area contributed by atoms with Crippen LogP contribution in [-0.2, 0) is 6.42 Å². The molecule has 0 saturated carbocycles. The van der Waals surface area contributed by atoms with Crippen LogP contribution in [0.15, 0.2) is 43.2 Å². The third-order valence-electron chi connectivity index (χ3n) is 3.88. The number of rotatable bonds is 2. The summed E-state index contributed by atoms with van der Waals surface area (Å²) in [5.74, 6) is 0.657. The summed E-state index contributed by atoms with van der Waals surface area (Å²) in [6, 6.07) is 4.18. The van der Waals surface area contributed by atoms with Gasteiger partial charge in [-0.15, -0.1) is 0 Å². The average molecular weight is 270 g/mol. The predicted octanol–water partition coefficient (Wildman–Crippen LogP) is 2.20. The first kappa shape index (κ1) is 12.8. The number of aromatic nitrogens is 3. The number of imidazole rings is 1. The molecule has 0 atom stereocenters. The summed E-state index contributed by atoms with van der Waals surface area (Å²) >= 11 is 0. The Bertz CT molecular complexity index is 545. The molecule has 5 nitrogen and oxygen atoms in total. The number of hydrogen-bond donors (Lipinski definition) is 0. The summed E-state index contributed by atoms with van der Waals surface area (Å²) in [7, 11) is 0. The molecule has 3 rings (SSSR count). The molecular weight excluding hydrogens is 252 g/mol. The SMILES string of the molecule is O=C(N1CCC(Cc2ccncc2)CC1)n1ccnc1. The lowest BCUT2D eigenvalue weighted by molar-refractivity contribution is 0.172. The fraction of sp³-hybridized carbons (Fsp3) is 0.400. The van der Waals surface area contributed by atoms with Crippen molar-refractivity contribution in [1.29, 1.82) is 0 Å². The number of likely N-dealkylation sites (tertiary alicyclic amines) is 1. The summed E-state index contributed by atoms with van der Waals surface area (Å²) in [5.41, 5.74) is 1.33. The second kappa shape index (κ2) is 5.86. The number of carbonyl (C=O) groups is 1. The maximum absolute atomic E-state index is 12.2. The summed E-state index contributed by atoms with van der Waals surface area (Å²) in [4.78, 5) is 22.0. The molecule has 0 radical (unpaired) electrons. The van der Waals surface area contributed by atoms with Gasteiger partial charge in [0.2, 0.25) is 0 Å². The standard InChI is InChI=1S/C15H18N4O/c20-15(19-10-7-17-12-19)18-8-3-14(4-9-18)11-13-1-5-16-6-2-13/h1-2,5-7,10,12,14H,3-4,8-9,11H2. The second-order valence-corrected chi connectivity index (χ2v) is 5.24. The van der Waals surface area contributed by atoms with Crippen molar-refractivity contribution in [2.75, 3.05) is 13.1 Å². The van der Waals surface area contributed by atoms with Gasteiger partial charge < -0.3 is 4.90 Å². The smallest absolute Gasteiger partial charge is 0.324 e. The number of carbonyl (C=O) groups excluding carboxylic acids is 1. The van der Waals surface area contributed by atoms with Crippen molar-refractivity contribution in [3.8, 4) is 0 Å². The molecular formula is C15H18N4O. The molecule has 0 aromatic carbocycles. The van der Waals surface area contributed by atoms with Crippen LogP contribution in [0.3, 0.4) is 0 Å². The van der Waals surface area contributed by atoms with E-state index in [1.165, 1.54) is 5.56 Å². The van der Waals surface area contributed by atoms with Gasteiger partial charge in [0.05, 0.1) is 0 Å². The lowest BCUT2D eigenvalue weighted by atomic mass is 9.90. The molecule has 5 heteroatoms. The first-order valence-electron chi connectivity index (χ1n) is 6.99. The topological polar surface area (TPSA) is 51.0 Å². The Hall–Kier alpha value is -2.17. The van der Waals surface area contributed by atoms with Gasteiger partial charge >= 0.3 is 6.03 Å². The van der Waals surface area contributed by atoms with E-state index in [9.17, 15) is 4.79 Å². The average Bonchev–Trinajstić information content (AvgIpc) is 3.03. The van der Waals surface area contributed by atoms with Crippen LogP contribution in [0, 0.1) is 5.92 Å². The van der Waals surface area contributed by atoms with E-state index in [2.05, 4.69) is 22.1 Å². The minimum atomic E-state index is 0.0323. The Morgan fingerprint density at radius 2 is 1.90 bits per heavy atom. The summed E-state index contributed by atoms with van der Waals surface area (Å²) in [6.45, 7) is 1.65. The molecule has 0 bridgehead atoms. The number of nitrogens with zero attached hydrogens (tertiary/aromatic N) is 4. The van der Waals surface area contributed by atoms with Crippen LogP contribution in [0.5, 0.6) is 0 Å². The molecule has 1 aliphatic heterocycles. The van der Waals surface area contributed by atoms with Gasteiger partial charge in [0, 0.05) is 37.9 Å². The van der Waals surface area contributed by atoms with E-state index in [1.54, 1.807) is 23.3 Å². The van der Waals surface area contributed by atoms with Crippen LogP contribution < -0.4 is 0 Å². The molecule has 0 spiro atoms. The van der Waals surface area contributed by atoms with Crippen molar-refractivity contribution in [3.05, 3.63) is 48.8 Å². The van der Waals surface area contributed by atoms with Crippen molar-refractivity contribution >= 4 is 6.03 Å². The molecule has 1 fully saturated rings. The van der Waals surface area contributed by atoms with Crippen LogP contribution in [0.25, 0.3) is 0 Å². The van der Waals surface area contributed by atoms with E-state index in [-0.39, 0.29) is 6.03 Å². The largest absolute Gasteiger partial charge is 0.329 e. The zero-order valence-corrected chi connectivity index (χ0v) is 11.4. The Morgan fingerprint density at radius 1 is 1.15 bits per heavy atom. The Kier molecular flexibility index (Phi) is 3.76. The van der Waals surface area contributed by atoms with E-state index in [1.807, 2.05) is 17.3 Å². The summed E-state index contributed by atoms with van der Waals surface area (Å²) < 4.78 is 1.54. The summed E-state index contributed by atoms with van der Waals surface area (Å²) in [5, 5.41) is 0. The highest BCUT2D eigenvalue weighted by atomic mass is 16.2. The molecule has 1 aliphatic rings. The van der Waals surface area contributed by atoms with Gasteiger partial charge in [-0.3, -0.25) is 9.55 Å². The number of pyridine rings is 1. The number of hydrogen-bond acceptors (Lipinski definition) is 3. The maximum Gasteiger partial charge on any atom is 0.329 e. The van der Waals surface area contributed by atoms with E-state index in [0.717, 1.165) is 32.4 Å². The third kappa shape index (κ3) is 2.87. The van der Waals surface area contributed by atoms with E-state index < -0.39 is 0 Å². The fourth-order valence-electron chi connectivity index (χ4n) is 2.72. The number of piperidine rings is 1. The quantitative estimate of drug-likeness (QED) is 0.840. The minimum Gasteiger partial charge on any atom is -0.324 e. The second-order valence-electron chi connectivity index (χ2n) is 5.24. The van der Waals surface area contributed by atoms with Gasteiger partial charge in [0.15, 0.2) is 0 Å².